The number of nitrogens with zero attached hydrogens (tertiary/aromatic N) is 2. The molecule has 7 aromatic rings. The van der Waals surface area contributed by atoms with Gasteiger partial charge in [0.15, 0.2) is 0 Å². The zero-order valence-corrected chi connectivity index (χ0v) is 32.4. The van der Waals surface area contributed by atoms with Crippen molar-refractivity contribution in [3.8, 4) is 33.6 Å². The predicted molar refractivity (Wildman–Crippen MR) is 199 cm³/mol. The van der Waals surface area contributed by atoms with Crippen LogP contribution in [0.5, 0.6) is 0 Å². The number of hydrogen-bond donors (Lipinski definition) is 0. The quantitative estimate of drug-likeness (QED) is 0.132. The number of hydrogen-bond acceptors (Lipinski definition) is 3. The minimum atomic E-state index is -2.60. The Kier molecular flexibility index (Phi) is 7.16. The molecule has 0 aliphatic carbocycles. The Labute approximate surface area is 303 Å². The fraction of sp³-hybridized carbons (Fsp3) is 0.171. The monoisotopic (exact) mass is 875 g/mol. The first-order valence-corrected chi connectivity index (χ1v) is 25.2. The fourth-order valence-electron chi connectivity index (χ4n) is 6.27. The summed E-state index contributed by atoms with van der Waals surface area (Å²) in [6.45, 7) is 1.81. The van der Waals surface area contributed by atoms with Crippen LogP contribution in [0.15, 0.2) is 108 Å². The molecule has 237 valence electrons. The third-order valence-corrected chi connectivity index (χ3v) is 18.4. The number of aryl methyl sites for hydroxylation is 2. The molecule has 1 aliphatic heterocycles. The van der Waals surface area contributed by atoms with Crippen LogP contribution in [0.4, 0.5) is 0 Å². The van der Waals surface area contributed by atoms with E-state index >= 15 is 0 Å². The number of rotatable bonds is 3. The summed E-state index contributed by atoms with van der Waals surface area (Å²) in [7, 11) is -1.23. The van der Waals surface area contributed by atoms with Crippen molar-refractivity contribution in [2.75, 3.05) is 0 Å². The Morgan fingerprint density at radius 1 is 0.723 bits per heavy atom. The Morgan fingerprint density at radius 3 is 2.23 bits per heavy atom. The van der Waals surface area contributed by atoms with Gasteiger partial charge in [-0.05, 0) is 10.9 Å². The van der Waals surface area contributed by atoms with Crippen LogP contribution in [-0.2, 0) is 20.1 Å². The average Bonchev–Trinajstić information content (AvgIpc) is 3.58. The minimum Gasteiger partial charge on any atom is 0 e. The molecular formula is C41H38GeIrN2OSi-2. The second-order valence-corrected chi connectivity index (χ2v) is 27.5. The summed E-state index contributed by atoms with van der Waals surface area (Å²) >= 11 is -2.47. The Bertz CT molecular complexity index is 2460. The van der Waals surface area contributed by atoms with Crippen molar-refractivity contribution in [2.24, 2.45) is 0 Å². The van der Waals surface area contributed by atoms with E-state index in [0.717, 1.165) is 33.8 Å². The second kappa shape index (κ2) is 12.8. The molecule has 8 rings (SSSR count). The zero-order valence-electron chi connectivity index (χ0n) is 33.0. The number of furan rings is 1. The topological polar surface area (TPSA) is 38.9 Å². The average molecular weight is 874 g/mol. The molecule has 3 aromatic heterocycles. The summed E-state index contributed by atoms with van der Waals surface area (Å²) in [5.74, 6) is 4.81. The van der Waals surface area contributed by atoms with E-state index in [1.165, 1.54) is 31.2 Å². The summed E-state index contributed by atoms with van der Waals surface area (Å²) < 4.78 is 56.2. The van der Waals surface area contributed by atoms with E-state index in [2.05, 4.69) is 102 Å². The first kappa shape index (κ1) is 26.4. The number of aromatic nitrogens is 2. The van der Waals surface area contributed by atoms with Gasteiger partial charge in [0.2, 0.25) is 0 Å². The number of fused-ring (bicyclic) bond motifs is 6. The molecule has 1 radical (unpaired) electrons. The molecule has 6 heteroatoms. The normalized spacial score (nSPS) is 15.4. The smallest absolute Gasteiger partial charge is 0 e. The van der Waals surface area contributed by atoms with E-state index in [4.69, 9.17) is 12.6 Å². The van der Waals surface area contributed by atoms with Crippen LogP contribution < -0.4 is 14.0 Å². The molecule has 0 spiro atoms. The Morgan fingerprint density at radius 2 is 1.51 bits per heavy atom. The van der Waals surface area contributed by atoms with Crippen LogP contribution >= 0.6 is 0 Å². The molecule has 0 N–H and O–H groups in total. The van der Waals surface area contributed by atoms with Gasteiger partial charge in [-0.15, -0.1) is 35.9 Å². The van der Waals surface area contributed by atoms with Crippen LogP contribution in [0.25, 0.3) is 55.6 Å². The number of pyridine rings is 2. The van der Waals surface area contributed by atoms with Crippen molar-refractivity contribution in [1.29, 1.82) is 0 Å². The van der Waals surface area contributed by atoms with Crippen molar-refractivity contribution in [3.63, 3.8) is 0 Å². The van der Waals surface area contributed by atoms with E-state index in [1.807, 2.05) is 36.5 Å². The first-order chi connectivity index (χ1) is 24.4. The van der Waals surface area contributed by atoms with Gasteiger partial charge in [-0.3, -0.25) is 0 Å². The fourth-order valence-corrected chi connectivity index (χ4v) is 13.8. The molecule has 0 fully saturated rings. The maximum atomic E-state index is 7.90. The Hall–Kier alpha value is -3.61. The van der Waals surface area contributed by atoms with Crippen molar-refractivity contribution >= 4 is 57.3 Å². The standard InChI is InChI=1S/C27H22GeNO.C14H16NSi.Ir/c1-16-12-25(29-15-17(16)2)20-10-7-9-19-22-13-24-21(14-26(22)30-27(19)20)18-8-5-6-11-23(18)28(24,3)4;1-16(2,3)13-9-10-14(15-11-13)12-7-5-4-6-8-12;/h5-9,11-15H,1-4H3;4-7,9-11H,1-3H3;/q2*-1;/i1D3,2D3;;. The van der Waals surface area contributed by atoms with Gasteiger partial charge in [0, 0.05) is 26.3 Å². The molecule has 0 atom stereocenters. The molecular weight excluding hydrogens is 829 g/mol. The van der Waals surface area contributed by atoms with Gasteiger partial charge in [-0.1, -0.05) is 31.8 Å². The molecule has 0 amide bonds. The second-order valence-electron chi connectivity index (χ2n) is 13.3. The molecule has 4 aromatic carbocycles. The van der Waals surface area contributed by atoms with Crippen molar-refractivity contribution in [1.82, 2.24) is 9.97 Å². The molecule has 1 aliphatic rings. The number of benzene rings is 4. The van der Waals surface area contributed by atoms with Crippen LogP contribution in [0.2, 0.25) is 31.2 Å². The van der Waals surface area contributed by atoms with E-state index in [9.17, 15) is 0 Å². The van der Waals surface area contributed by atoms with Crippen molar-refractivity contribution < 1.29 is 32.7 Å². The maximum Gasteiger partial charge on any atom is 0 e. The summed E-state index contributed by atoms with van der Waals surface area (Å²) in [4.78, 5) is 8.85. The largest absolute Gasteiger partial charge is 0 e. The van der Waals surface area contributed by atoms with Crippen LogP contribution in [-0.4, -0.2) is 31.3 Å². The molecule has 3 nitrogen and oxygen atoms in total. The SMILES string of the molecule is C[Si](C)(C)c1ccc(-c2[c-]cccc2)nc1.[2H]C([2H])([2H])c1cnc(-c2[c-]ccc3c2oc2cc4[c](cc23)[Ge]([CH3])([CH3])[c]2ccccc2-4)cc1C([2H])([2H])[2H].[Ir]. The molecule has 0 saturated carbocycles. The van der Waals surface area contributed by atoms with Crippen LogP contribution in [0.1, 0.15) is 19.4 Å². The van der Waals surface area contributed by atoms with Crippen molar-refractivity contribution in [2.45, 2.75) is 44.9 Å². The summed E-state index contributed by atoms with van der Waals surface area (Å²) in [6.07, 6.45) is 3.16. The van der Waals surface area contributed by atoms with Gasteiger partial charge in [0.05, 0.1) is 8.07 Å². The van der Waals surface area contributed by atoms with Gasteiger partial charge in [-0.2, -0.15) is 0 Å². The van der Waals surface area contributed by atoms with Gasteiger partial charge in [0.25, 0.3) is 0 Å². The minimum absolute atomic E-state index is 0. The summed E-state index contributed by atoms with van der Waals surface area (Å²) in [6, 6.07) is 36.6. The third kappa shape index (κ3) is 6.11. The Balaban J connectivity index is 0.000000238. The first-order valence-electron chi connectivity index (χ1n) is 18.4. The van der Waals surface area contributed by atoms with E-state index in [-0.39, 0.29) is 31.2 Å². The van der Waals surface area contributed by atoms with Crippen molar-refractivity contribution in [3.05, 3.63) is 127 Å². The predicted octanol–water partition coefficient (Wildman–Crippen LogP) is 8.96. The van der Waals surface area contributed by atoms with Gasteiger partial charge in [-0.25, -0.2) is 0 Å². The van der Waals surface area contributed by atoms with Gasteiger partial charge >= 0.3 is 187 Å². The van der Waals surface area contributed by atoms with Gasteiger partial charge < -0.3 is 4.98 Å². The van der Waals surface area contributed by atoms with Gasteiger partial charge in [0.1, 0.15) is 0 Å². The van der Waals surface area contributed by atoms with Crippen LogP contribution in [0.3, 0.4) is 0 Å². The van der Waals surface area contributed by atoms with E-state index in [0.29, 0.717) is 16.8 Å². The van der Waals surface area contributed by atoms with E-state index < -0.39 is 35.0 Å². The summed E-state index contributed by atoms with van der Waals surface area (Å²) in [5, 5.41) is 3.29. The molecule has 4 heterocycles. The molecule has 0 bridgehead atoms. The molecule has 0 unspecified atom stereocenters. The summed E-state index contributed by atoms with van der Waals surface area (Å²) in [5.41, 5.74) is 6.17. The van der Waals surface area contributed by atoms with E-state index in [1.54, 1.807) is 6.07 Å². The molecule has 0 saturated heterocycles. The molecule has 47 heavy (non-hydrogen) atoms. The zero-order chi connectivity index (χ0) is 37.2. The van der Waals surface area contributed by atoms with Crippen LogP contribution in [0, 0.1) is 25.8 Å². The maximum absolute atomic E-state index is 7.90. The third-order valence-electron chi connectivity index (χ3n) is 8.91.